The van der Waals surface area contributed by atoms with E-state index in [-0.39, 0.29) is 23.5 Å². The molecule has 2 unspecified atom stereocenters. The highest BCUT2D eigenvalue weighted by Gasteiger charge is 2.30. The standard InChI is InChI=1S/C46H84N2O5S/c1-3-5-7-9-11-13-15-17-19-21-23-25-27-29-31-35-43(49)52-41-42(51-40-39-48-37-33-34-38-48)45(46(47)54)53-44(50)36-32-30-28-26-24-22-20-18-16-14-12-10-8-6-4-2/h17-20,42,45H,3-16,21-41H2,1-2H3,(H2,47,54)/b19-17-,20-18-. The number of hydrogen-bond acceptors (Lipinski definition) is 7. The highest BCUT2D eigenvalue weighted by Crippen LogP contribution is 2.15. The van der Waals surface area contributed by atoms with Gasteiger partial charge >= 0.3 is 11.9 Å². The number of carbonyl (C=O) groups excluding carboxylic acids is 2. The van der Waals surface area contributed by atoms with E-state index in [4.69, 9.17) is 32.2 Å². The predicted octanol–water partition coefficient (Wildman–Crippen LogP) is 12.3. The lowest BCUT2D eigenvalue weighted by atomic mass is 10.1. The Labute approximate surface area is 338 Å². The fourth-order valence-electron chi connectivity index (χ4n) is 7.01. The summed E-state index contributed by atoms with van der Waals surface area (Å²) in [6.45, 7) is 7.81. The van der Waals surface area contributed by atoms with Crippen molar-refractivity contribution in [3.8, 4) is 0 Å². The van der Waals surface area contributed by atoms with Crippen molar-refractivity contribution in [3.05, 3.63) is 24.3 Å². The maximum atomic E-state index is 12.9. The summed E-state index contributed by atoms with van der Waals surface area (Å²) in [5, 5.41) is 0. The number of hydrogen-bond donors (Lipinski definition) is 1. The molecule has 0 radical (unpaired) electrons. The van der Waals surface area contributed by atoms with Gasteiger partial charge in [-0.2, -0.15) is 0 Å². The number of likely N-dealkylation sites (tertiary alicyclic amines) is 1. The molecule has 1 saturated heterocycles. The van der Waals surface area contributed by atoms with Crippen molar-refractivity contribution in [2.24, 2.45) is 5.73 Å². The van der Waals surface area contributed by atoms with Gasteiger partial charge in [0.25, 0.3) is 0 Å². The van der Waals surface area contributed by atoms with Gasteiger partial charge in [-0.05, 0) is 90.1 Å². The lowest BCUT2D eigenvalue weighted by molar-refractivity contribution is -0.159. The number of unbranched alkanes of at least 4 members (excludes halogenated alkanes) is 22. The SMILES string of the molecule is CCCCCCCC/C=C\CCCCCCCC(=O)OCC(OCCN1CCCC1)C(OC(=O)CCCCCCC/C=C\CCCCCCCC)C(N)=S. The molecule has 1 aliphatic rings. The summed E-state index contributed by atoms with van der Waals surface area (Å²) in [5.41, 5.74) is 6.08. The minimum atomic E-state index is -0.929. The molecule has 0 bridgehead atoms. The first-order valence-corrected chi connectivity index (χ1v) is 23.2. The Bertz CT molecular complexity index is 951. The largest absolute Gasteiger partial charge is 0.463 e. The van der Waals surface area contributed by atoms with Crippen LogP contribution in [-0.2, 0) is 23.8 Å². The van der Waals surface area contributed by atoms with E-state index in [0.717, 1.165) is 71.0 Å². The number of carbonyl (C=O) groups is 2. The van der Waals surface area contributed by atoms with Gasteiger partial charge in [-0.3, -0.25) is 9.59 Å². The smallest absolute Gasteiger partial charge is 0.306 e. The Balaban J connectivity index is 2.30. The molecule has 7 nitrogen and oxygen atoms in total. The van der Waals surface area contributed by atoms with Crippen molar-refractivity contribution in [1.82, 2.24) is 4.90 Å². The van der Waals surface area contributed by atoms with Crippen LogP contribution in [0.2, 0.25) is 0 Å². The summed E-state index contributed by atoms with van der Waals surface area (Å²) in [7, 11) is 0. The van der Waals surface area contributed by atoms with E-state index in [1.165, 1.54) is 128 Å². The number of rotatable bonds is 39. The zero-order valence-corrected chi connectivity index (χ0v) is 36.0. The van der Waals surface area contributed by atoms with E-state index in [9.17, 15) is 9.59 Å². The first-order valence-electron chi connectivity index (χ1n) is 22.8. The molecule has 54 heavy (non-hydrogen) atoms. The average Bonchev–Trinajstić information content (AvgIpc) is 3.69. The highest BCUT2D eigenvalue weighted by molar-refractivity contribution is 7.80. The van der Waals surface area contributed by atoms with Crippen LogP contribution in [0.25, 0.3) is 0 Å². The Morgan fingerprint density at radius 1 is 0.611 bits per heavy atom. The van der Waals surface area contributed by atoms with Gasteiger partial charge < -0.3 is 24.8 Å². The summed E-state index contributed by atoms with van der Waals surface area (Å²) >= 11 is 5.33. The number of nitrogens with zero attached hydrogens (tertiary/aromatic N) is 1. The third-order valence-electron chi connectivity index (χ3n) is 10.5. The van der Waals surface area contributed by atoms with Crippen molar-refractivity contribution >= 4 is 29.1 Å². The second-order valence-corrected chi connectivity index (χ2v) is 16.1. The molecule has 0 amide bonds. The van der Waals surface area contributed by atoms with Gasteiger partial charge in [-0.1, -0.05) is 153 Å². The Morgan fingerprint density at radius 3 is 1.46 bits per heavy atom. The average molecular weight is 777 g/mol. The zero-order valence-electron chi connectivity index (χ0n) is 35.2. The molecular weight excluding hydrogens is 693 g/mol. The van der Waals surface area contributed by atoms with Gasteiger partial charge in [-0.15, -0.1) is 0 Å². The summed E-state index contributed by atoms with van der Waals surface area (Å²) < 4.78 is 17.6. The van der Waals surface area contributed by atoms with E-state index in [1.807, 2.05) is 0 Å². The molecule has 0 aromatic rings. The van der Waals surface area contributed by atoms with Gasteiger partial charge in [0.2, 0.25) is 0 Å². The quantitative estimate of drug-likeness (QED) is 0.0286. The minimum absolute atomic E-state index is 0.0351. The second kappa shape index (κ2) is 38.1. The zero-order chi connectivity index (χ0) is 39.2. The summed E-state index contributed by atoms with van der Waals surface area (Å²) in [5.74, 6) is -0.597. The van der Waals surface area contributed by atoms with Crippen LogP contribution >= 0.6 is 12.2 Å². The number of thiocarbonyl (C=S) groups is 1. The number of esters is 2. The summed E-state index contributed by atoms with van der Waals surface area (Å²) in [4.78, 5) is 27.9. The Morgan fingerprint density at radius 2 is 1.02 bits per heavy atom. The van der Waals surface area contributed by atoms with Crippen LogP contribution in [0.3, 0.4) is 0 Å². The molecule has 1 rings (SSSR count). The molecule has 0 aliphatic carbocycles. The normalized spacial score (nSPS) is 14.6. The van der Waals surface area contributed by atoms with Crippen molar-refractivity contribution < 1.29 is 23.8 Å². The van der Waals surface area contributed by atoms with E-state index in [0.29, 0.717) is 19.4 Å². The van der Waals surface area contributed by atoms with E-state index in [2.05, 4.69) is 43.1 Å². The molecule has 1 aliphatic heterocycles. The van der Waals surface area contributed by atoms with Crippen LogP contribution in [0.5, 0.6) is 0 Å². The van der Waals surface area contributed by atoms with Crippen LogP contribution in [-0.4, -0.2) is 66.9 Å². The Hall–Kier alpha value is -1.77. The maximum absolute atomic E-state index is 12.9. The van der Waals surface area contributed by atoms with Crippen LogP contribution in [0, 0.1) is 0 Å². The monoisotopic (exact) mass is 777 g/mol. The molecule has 1 fully saturated rings. The Kier molecular flexibility index (Phi) is 35.5. The third kappa shape index (κ3) is 31.4. The van der Waals surface area contributed by atoms with Gasteiger partial charge in [0.05, 0.1) is 6.61 Å². The predicted molar refractivity (Wildman–Crippen MR) is 232 cm³/mol. The molecular formula is C46H84N2O5S. The van der Waals surface area contributed by atoms with Crippen molar-refractivity contribution in [3.63, 3.8) is 0 Å². The van der Waals surface area contributed by atoms with Crippen molar-refractivity contribution in [2.45, 2.75) is 219 Å². The van der Waals surface area contributed by atoms with Gasteiger partial charge in [-0.25, -0.2) is 0 Å². The lowest BCUT2D eigenvalue weighted by Crippen LogP contribution is -2.46. The van der Waals surface area contributed by atoms with Gasteiger partial charge in [0.1, 0.15) is 17.7 Å². The first-order chi connectivity index (χ1) is 26.5. The molecule has 2 atom stereocenters. The number of allylic oxidation sites excluding steroid dienone is 4. The van der Waals surface area contributed by atoms with E-state index < -0.39 is 12.2 Å². The number of nitrogens with two attached hydrogens (primary N) is 1. The van der Waals surface area contributed by atoms with Crippen LogP contribution in [0.1, 0.15) is 206 Å². The third-order valence-corrected chi connectivity index (χ3v) is 10.7. The van der Waals surface area contributed by atoms with Gasteiger partial charge in [0.15, 0.2) is 6.10 Å². The van der Waals surface area contributed by atoms with Crippen LogP contribution in [0.4, 0.5) is 0 Å². The molecule has 314 valence electrons. The molecule has 2 N–H and O–H groups in total. The lowest BCUT2D eigenvalue weighted by Gasteiger charge is -2.27. The molecule has 0 spiro atoms. The summed E-state index contributed by atoms with van der Waals surface area (Å²) in [6, 6.07) is 0. The highest BCUT2D eigenvalue weighted by atomic mass is 32.1. The van der Waals surface area contributed by atoms with Crippen molar-refractivity contribution in [2.75, 3.05) is 32.8 Å². The second-order valence-electron chi connectivity index (χ2n) is 15.6. The van der Waals surface area contributed by atoms with Crippen LogP contribution in [0.15, 0.2) is 24.3 Å². The fraction of sp³-hybridized carbons (Fsp3) is 0.848. The molecule has 0 saturated carbocycles. The van der Waals surface area contributed by atoms with Crippen molar-refractivity contribution in [1.29, 1.82) is 0 Å². The van der Waals surface area contributed by atoms with Crippen LogP contribution < -0.4 is 5.73 Å². The number of ether oxygens (including phenoxy) is 3. The molecule has 8 heteroatoms. The minimum Gasteiger partial charge on any atom is -0.463 e. The van der Waals surface area contributed by atoms with E-state index in [1.54, 1.807) is 0 Å². The first kappa shape index (κ1) is 50.2. The van der Waals surface area contributed by atoms with Gasteiger partial charge in [0, 0.05) is 19.4 Å². The molecule has 0 aromatic heterocycles. The topological polar surface area (TPSA) is 91.1 Å². The summed E-state index contributed by atoms with van der Waals surface area (Å²) in [6.07, 6.45) is 42.2. The molecule has 0 aromatic carbocycles. The molecule has 1 heterocycles. The maximum Gasteiger partial charge on any atom is 0.306 e. The van der Waals surface area contributed by atoms with E-state index >= 15 is 0 Å². The fourth-order valence-corrected chi connectivity index (χ4v) is 7.21.